The van der Waals surface area contributed by atoms with Gasteiger partial charge in [-0.3, -0.25) is 0 Å². The minimum absolute atomic E-state index is 0.0146. The topological polar surface area (TPSA) is 69.4 Å². The second-order valence-corrected chi connectivity index (χ2v) is 5.69. The summed E-state index contributed by atoms with van der Waals surface area (Å²) in [5.74, 6) is 0.477. The normalized spacial score (nSPS) is 11.7. The lowest BCUT2D eigenvalue weighted by Crippen LogP contribution is -2.07. The van der Waals surface area contributed by atoms with Gasteiger partial charge in [-0.15, -0.1) is 0 Å². The zero-order valence-electron chi connectivity index (χ0n) is 9.02. The Morgan fingerprint density at radius 1 is 1.27 bits per heavy atom. The number of sulfone groups is 1. The maximum absolute atomic E-state index is 11.3. The highest BCUT2D eigenvalue weighted by Gasteiger charge is 2.10. The summed E-state index contributed by atoms with van der Waals surface area (Å²) in [5, 5.41) is 0. The van der Waals surface area contributed by atoms with Crippen molar-refractivity contribution in [2.45, 2.75) is 24.8 Å². The predicted octanol–water partition coefficient (Wildman–Crippen LogP) is 1.46. The van der Waals surface area contributed by atoms with Crippen molar-refractivity contribution in [3.63, 3.8) is 0 Å². The minimum Gasteiger partial charge on any atom is -0.491 e. The third-order valence-corrected chi connectivity index (χ3v) is 2.79. The van der Waals surface area contributed by atoms with Crippen LogP contribution in [-0.4, -0.2) is 20.8 Å². The Morgan fingerprint density at radius 2 is 1.87 bits per heavy atom. The van der Waals surface area contributed by atoms with Crippen LogP contribution in [0.3, 0.4) is 0 Å². The number of nitrogens with two attached hydrogens (primary N) is 1. The molecule has 0 radical (unpaired) electrons. The molecule has 4 nitrogen and oxygen atoms in total. The largest absolute Gasteiger partial charge is 0.491 e. The highest BCUT2D eigenvalue weighted by Crippen LogP contribution is 2.23. The second-order valence-electron chi connectivity index (χ2n) is 3.68. The first-order valence-corrected chi connectivity index (χ1v) is 6.45. The fraction of sp³-hybridized carbons (Fsp3) is 0.400. The van der Waals surface area contributed by atoms with Gasteiger partial charge in [0.25, 0.3) is 0 Å². The monoisotopic (exact) mass is 229 g/mol. The first kappa shape index (κ1) is 11.8. The molecule has 1 aromatic carbocycles. The predicted molar refractivity (Wildman–Crippen MR) is 59.7 cm³/mol. The van der Waals surface area contributed by atoms with Crippen LogP contribution in [0.4, 0.5) is 5.69 Å². The van der Waals surface area contributed by atoms with Crippen molar-refractivity contribution < 1.29 is 13.2 Å². The molecule has 0 saturated heterocycles. The summed E-state index contributed by atoms with van der Waals surface area (Å²) in [6, 6.07) is 4.50. The van der Waals surface area contributed by atoms with Crippen molar-refractivity contribution in [3.05, 3.63) is 18.2 Å². The fourth-order valence-electron chi connectivity index (χ4n) is 1.15. The van der Waals surface area contributed by atoms with Crippen molar-refractivity contribution in [2.75, 3.05) is 12.0 Å². The highest BCUT2D eigenvalue weighted by molar-refractivity contribution is 7.90. The van der Waals surface area contributed by atoms with Gasteiger partial charge in [-0.05, 0) is 26.0 Å². The minimum atomic E-state index is -3.24. The highest BCUT2D eigenvalue weighted by atomic mass is 32.2. The van der Waals surface area contributed by atoms with E-state index in [0.29, 0.717) is 11.4 Å². The van der Waals surface area contributed by atoms with Crippen molar-refractivity contribution in [2.24, 2.45) is 0 Å². The molecule has 0 aromatic heterocycles. The van der Waals surface area contributed by atoms with Crippen LogP contribution < -0.4 is 10.5 Å². The van der Waals surface area contributed by atoms with E-state index in [4.69, 9.17) is 10.5 Å². The van der Waals surface area contributed by atoms with Gasteiger partial charge in [0.2, 0.25) is 0 Å². The zero-order chi connectivity index (χ0) is 11.6. The Bertz CT molecular complexity index is 452. The van der Waals surface area contributed by atoms with Gasteiger partial charge in [-0.25, -0.2) is 8.42 Å². The maximum atomic E-state index is 11.3. The van der Waals surface area contributed by atoms with Crippen LogP contribution >= 0.6 is 0 Å². The SMILES string of the molecule is CC(C)Oc1cc(N)cc(S(C)(=O)=O)c1. The Balaban J connectivity index is 3.17. The molecule has 0 aliphatic rings. The van der Waals surface area contributed by atoms with Gasteiger partial charge in [0.15, 0.2) is 9.84 Å². The Kier molecular flexibility index (Phi) is 3.24. The Labute approximate surface area is 90.0 Å². The standard InChI is InChI=1S/C10H15NO3S/c1-7(2)14-9-4-8(11)5-10(6-9)15(3,12)13/h4-7H,11H2,1-3H3. The number of hydrogen-bond donors (Lipinski definition) is 1. The van der Waals surface area contributed by atoms with E-state index in [9.17, 15) is 8.42 Å². The number of nitrogen functional groups attached to an aromatic ring is 1. The summed E-state index contributed by atoms with van der Waals surface area (Å²) in [7, 11) is -3.24. The van der Waals surface area contributed by atoms with Gasteiger partial charge in [0.05, 0.1) is 11.0 Å². The van der Waals surface area contributed by atoms with E-state index in [0.717, 1.165) is 6.26 Å². The van der Waals surface area contributed by atoms with E-state index < -0.39 is 9.84 Å². The molecule has 0 heterocycles. The molecule has 2 N–H and O–H groups in total. The molecule has 1 rings (SSSR count). The first-order valence-electron chi connectivity index (χ1n) is 4.56. The lowest BCUT2D eigenvalue weighted by Gasteiger charge is -2.11. The summed E-state index contributed by atoms with van der Waals surface area (Å²) in [4.78, 5) is 0.179. The summed E-state index contributed by atoms with van der Waals surface area (Å²) in [6.45, 7) is 3.73. The number of ether oxygens (including phenoxy) is 1. The van der Waals surface area contributed by atoms with E-state index in [1.54, 1.807) is 6.07 Å². The summed E-state index contributed by atoms with van der Waals surface area (Å²) < 4.78 is 28.0. The van der Waals surface area contributed by atoms with Crippen LogP contribution in [0.25, 0.3) is 0 Å². The lowest BCUT2D eigenvalue weighted by molar-refractivity contribution is 0.242. The fourth-order valence-corrected chi connectivity index (χ4v) is 1.83. The van der Waals surface area contributed by atoms with E-state index in [1.807, 2.05) is 13.8 Å². The Hall–Kier alpha value is -1.23. The number of benzene rings is 1. The van der Waals surface area contributed by atoms with Crippen molar-refractivity contribution in [1.82, 2.24) is 0 Å². The molecule has 0 amide bonds. The van der Waals surface area contributed by atoms with E-state index in [1.165, 1.54) is 12.1 Å². The van der Waals surface area contributed by atoms with Crippen molar-refractivity contribution in [1.29, 1.82) is 0 Å². The number of anilines is 1. The van der Waals surface area contributed by atoms with Crippen LogP contribution in [-0.2, 0) is 9.84 Å². The second kappa shape index (κ2) is 4.10. The van der Waals surface area contributed by atoms with E-state index >= 15 is 0 Å². The van der Waals surface area contributed by atoms with Gasteiger partial charge in [0, 0.05) is 18.0 Å². The molecule has 0 aliphatic carbocycles. The van der Waals surface area contributed by atoms with Crippen LogP contribution in [0.5, 0.6) is 5.75 Å². The molecular weight excluding hydrogens is 214 g/mol. The maximum Gasteiger partial charge on any atom is 0.175 e. The average molecular weight is 229 g/mol. The molecule has 0 aliphatic heterocycles. The van der Waals surface area contributed by atoms with Gasteiger partial charge in [0.1, 0.15) is 5.75 Å². The lowest BCUT2D eigenvalue weighted by atomic mass is 10.3. The van der Waals surface area contributed by atoms with Crippen molar-refractivity contribution >= 4 is 15.5 Å². The van der Waals surface area contributed by atoms with Crippen molar-refractivity contribution in [3.8, 4) is 5.75 Å². The van der Waals surface area contributed by atoms with Crippen LogP contribution in [0, 0.1) is 0 Å². The third-order valence-electron chi connectivity index (χ3n) is 1.70. The van der Waals surface area contributed by atoms with Crippen LogP contribution in [0.2, 0.25) is 0 Å². The average Bonchev–Trinajstić information content (AvgIpc) is 1.99. The quantitative estimate of drug-likeness (QED) is 0.797. The van der Waals surface area contributed by atoms with Gasteiger partial charge < -0.3 is 10.5 Å². The smallest absolute Gasteiger partial charge is 0.175 e. The summed E-state index contributed by atoms with van der Waals surface area (Å²) >= 11 is 0. The van der Waals surface area contributed by atoms with Crippen LogP contribution in [0.1, 0.15) is 13.8 Å². The van der Waals surface area contributed by atoms with Crippen LogP contribution in [0.15, 0.2) is 23.1 Å². The van der Waals surface area contributed by atoms with E-state index in [2.05, 4.69) is 0 Å². The molecule has 0 bridgehead atoms. The van der Waals surface area contributed by atoms with Gasteiger partial charge >= 0.3 is 0 Å². The number of hydrogen-bond acceptors (Lipinski definition) is 4. The van der Waals surface area contributed by atoms with E-state index in [-0.39, 0.29) is 11.0 Å². The summed E-state index contributed by atoms with van der Waals surface area (Å²) in [5.41, 5.74) is 5.97. The summed E-state index contributed by atoms with van der Waals surface area (Å²) in [6.07, 6.45) is 1.13. The van der Waals surface area contributed by atoms with Gasteiger partial charge in [-0.1, -0.05) is 0 Å². The third kappa shape index (κ3) is 3.43. The first-order chi connectivity index (χ1) is 6.79. The molecular formula is C10H15NO3S. The molecule has 0 spiro atoms. The molecule has 0 atom stereocenters. The Morgan fingerprint density at radius 3 is 2.33 bits per heavy atom. The zero-order valence-corrected chi connectivity index (χ0v) is 9.84. The molecule has 5 heteroatoms. The van der Waals surface area contributed by atoms with Gasteiger partial charge in [-0.2, -0.15) is 0 Å². The molecule has 15 heavy (non-hydrogen) atoms. The molecule has 84 valence electrons. The molecule has 0 unspecified atom stereocenters. The molecule has 0 fully saturated rings. The molecule has 0 saturated carbocycles. The number of rotatable bonds is 3. The molecule has 1 aromatic rings.